The first-order valence-corrected chi connectivity index (χ1v) is 10.1. The number of aromatic amines is 1. The SMILES string of the molecule is CC[C@H](Nc1c(-c2nc3ccc(OC)cc3[nH]2)cnc2cn(C)nc12)c1ncccn1. The average molecular weight is 414 g/mol. The minimum absolute atomic E-state index is 0.0861. The van der Waals surface area contributed by atoms with Crippen molar-refractivity contribution in [2.24, 2.45) is 7.05 Å². The molecular formula is C22H22N8O. The van der Waals surface area contributed by atoms with E-state index in [4.69, 9.17) is 9.72 Å². The second-order valence-electron chi connectivity index (χ2n) is 7.26. The quantitative estimate of drug-likeness (QED) is 0.434. The van der Waals surface area contributed by atoms with Crippen LogP contribution in [0, 0.1) is 0 Å². The van der Waals surface area contributed by atoms with E-state index in [0.717, 1.165) is 51.3 Å². The van der Waals surface area contributed by atoms with Gasteiger partial charge in [-0.05, 0) is 24.6 Å². The van der Waals surface area contributed by atoms with Gasteiger partial charge in [-0.25, -0.2) is 15.0 Å². The van der Waals surface area contributed by atoms with Crippen molar-refractivity contribution in [3.63, 3.8) is 0 Å². The molecule has 0 saturated carbocycles. The number of imidazole rings is 1. The van der Waals surface area contributed by atoms with Gasteiger partial charge in [-0.3, -0.25) is 9.67 Å². The lowest BCUT2D eigenvalue weighted by atomic mass is 10.1. The van der Waals surface area contributed by atoms with E-state index in [-0.39, 0.29) is 6.04 Å². The molecule has 1 aromatic carbocycles. The third kappa shape index (κ3) is 3.43. The molecular weight excluding hydrogens is 392 g/mol. The number of methoxy groups -OCH3 is 1. The Labute approximate surface area is 178 Å². The number of hydrogen-bond donors (Lipinski definition) is 2. The predicted octanol–water partition coefficient (Wildman–Crippen LogP) is 3.87. The maximum atomic E-state index is 5.34. The third-order valence-electron chi connectivity index (χ3n) is 5.22. The maximum absolute atomic E-state index is 5.34. The Balaban J connectivity index is 1.66. The number of nitrogens with zero attached hydrogens (tertiary/aromatic N) is 6. The summed E-state index contributed by atoms with van der Waals surface area (Å²) in [5.41, 5.74) is 4.98. The van der Waals surface area contributed by atoms with Crippen molar-refractivity contribution < 1.29 is 4.74 Å². The molecule has 0 aliphatic carbocycles. The van der Waals surface area contributed by atoms with E-state index in [0.29, 0.717) is 5.82 Å². The molecule has 0 aliphatic rings. The minimum Gasteiger partial charge on any atom is -0.497 e. The highest BCUT2D eigenvalue weighted by Gasteiger charge is 2.21. The zero-order valence-corrected chi connectivity index (χ0v) is 17.5. The number of aromatic nitrogens is 7. The number of rotatable bonds is 6. The average Bonchev–Trinajstić information content (AvgIpc) is 3.39. The smallest absolute Gasteiger partial charge is 0.150 e. The van der Waals surface area contributed by atoms with Crippen molar-refractivity contribution >= 4 is 27.8 Å². The minimum atomic E-state index is -0.0861. The van der Waals surface area contributed by atoms with Gasteiger partial charge in [-0.15, -0.1) is 0 Å². The van der Waals surface area contributed by atoms with E-state index in [2.05, 4.69) is 37.3 Å². The van der Waals surface area contributed by atoms with Crippen LogP contribution >= 0.6 is 0 Å². The zero-order valence-electron chi connectivity index (χ0n) is 17.5. The lowest BCUT2D eigenvalue weighted by Crippen LogP contribution is -2.14. The molecule has 4 heterocycles. The summed E-state index contributed by atoms with van der Waals surface area (Å²) in [4.78, 5) is 21.7. The van der Waals surface area contributed by atoms with Crippen molar-refractivity contribution in [3.05, 3.63) is 54.9 Å². The van der Waals surface area contributed by atoms with Crippen molar-refractivity contribution in [2.45, 2.75) is 19.4 Å². The number of fused-ring (bicyclic) bond motifs is 2. The van der Waals surface area contributed by atoms with Crippen LogP contribution in [-0.4, -0.2) is 41.8 Å². The van der Waals surface area contributed by atoms with Crippen LogP contribution in [0.25, 0.3) is 33.5 Å². The second-order valence-corrected chi connectivity index (χ2v) is 7.26. The Hall–Kier alpha value is -4.01. The fourth-order valence-corrected chi connectivity index (χ4v) is 3.66. The van der Waals surface area contributed by atoms with Crippen LogP contribution in [0.2, 0.25) is 0 Å². The number of H-pyrrole nitrogens is 1. The molecule has 0 aliphatic heterocycles. The zero-order chi connectivity index (χ0) is 21.4. The number of aryl methyl sites for hydroxylation is 1. The second kappa shape index (κ2) is 7.67. The summed E-state index contributed by atoms with van der Waals surface area (Å²) in [7, 11) is 3.53. The van der Waals surface area contributed by atoms with Crippen molar-refractivity contribution in [1.29, 1.82) is 0 Å². The molecule has 1 atom stereocenters. The van der Waals surface area contributed by atoms with E-state index in [9.17, 15) is 0 Å². The summed E-state index contributed by atoms with van der Waals surface area (Å²) in [6.45, 7) is 2.10. The summed E-state index contributed by atoms with van der Waals surface area (Å²) in [5, 5.41) is 8.26. The molecule has 0 amide bonds. The first kappa shape index (κ1) is 19.0. The van der Waals surface area contributed by atoms with Gasteiger partial charge in [0.15, 0.2) is 0 Å². The number of pyridine rings is 1. The molecule has 5 aromatic rings. The topological polar surface area (TPSA) is 106 Å². The Bertz CT molecular complexity index is 1360. The van der Waals surface area contributed by atoms with Gasteiger partial charge in [0.05, 0.1) is 41.6 Å². The van der Waals surface area contributed by atoms with Crippen LogP contribution in [0.5, 0.6) is 5.75 Å². The summed E-state index contributed by atoms with van der Waals surface area (Å²) in [6, 6.07) is 7.48. The molecule has 0 bridgehead atoms. The summed E-state index contributed by atoms with van der Waals surface area (Å²) < 4.78 is 7.10. The van der Waals surface area contributed by atoms with Crippen molar-refractivity contribution in [2.75, 3.05) is 12.4 Å². The monoisotopic (exact) mass is 414 g/mol. The van der Waals surface area contributed by atoms with Crippen LogP contribution in [0.1, 0.15) is 25.2 Å². The number of benzene rings is 1. The highest BCUT2D eigenvalue weighted by Crippen LogP contribution is 2.35. The van der Waals surface area contributed by atoms with Gasteiger partial charge < -0.3 is 15.0 Å². The van der Waals surface area contributed by atoms with Gasteiger partial charge in [0.25, 0.3) is 0 Å². The number of anilines is 1. The van der Waals surface area contributed by atoms with Crippen LogP contribution in [-0.2, 0) is 7.05 Å². The largest absolute Gasteiger partial charge is 0.497 e. The molecule has 2 N–H and O–H groups in total. The molecule has 0 radical (unpaired) electrons. The van der Waals surface area contributed by atoms with Gasteiger partial charge >= 0.3 is 0 Å². The standard InChI is InChI=1S/C22H22N8O/c1-4-15(22-23-8-5-9-24-22)26-19-14(11-25-18-12-30(2)29-20(18)19)21-27-16-7-6-13(31-3)10-17(16)28-21/h5-12,15,26H,4H2,1-3H3,(H,27,28)/t15-/m0/s1. The van der Waals surface area contributed by atoms with Gasteiger partial charge in [-0.2, -0.15) is 5.10 Å². The molecule has 156 valence electrons. The van der Waals surface area contributed by atoms with E-state index >= 15 is 0 Å². The lowest BCUT2D eigenvalue weighted by molar-refractivity contribution is 0.415. The normalized spacial score (nSPS) is 12.4. The van der Waals surface area contributed by atoms with Gasteiger partial charge in [0.1, 0.15) is 28.4 Å². The predicted molar refractivity (Wildman–Crippen MR) is 119 cm³/mol. The third-order valence-corrected chi connectivity index (χ3v) is 5.22. The fourth-order valence-electron chi connectivity index (χ4n) is 3.66. The summed E-state index contributed by atoms with van der Waals surface area (Å²) in [5.74, 6) is 2.20. The first-order valence-electron chi connectivity index (χ1n) is 10.1. The Kier molecular flexibility index (Phi) is 4.70. The van der Waals surface area contributed by atoms with Crippen LogP contribution in [0.4, 0.5) is 5.69 Å². The fraction of sp³-hybridized carbons (Fsp3) is 0.227. The number of nitrogens with one attached hydrogen (secondary N) is 2. The molecule has 0 spiro atoms. The van der Waals surface area contributed by atoms with Crippen LogP contribution in [0.3, 0.4) is 0 Å². The number of hydrogen-bond acceptors (Lipinski definition) is 7. The lowest BCUT2D eigenvalue weighted by Gasteiger charge is -2.19. The highest BCUT2D eigenvalue weighted by atomic mass is 16.5. The summed E-state index contributed by atoms with van der Waals surface area (Å²) >= 11 is 0. The first-order chi connectivity index (χ1) is 15.2. The maximum Gasteiger partial charge on any atom is 0.150 e. The molecule has 4 aromatic heterocycles. The van der Waals surface area contributed by atoms with Crippen molar-refractivity contribution in [3.8, 4) is 17.1 Å². The molecule has 5 rings (SSSR count). The molecule has 9 nitrogen and oxygen atoms in total. The highest BCUT2D eigenvalue weighted by molar-refractivity contribution is 5.96. The molecule has 9 heteroatoms. The van der Waals surface area contributed by atoms with Crippen molar-refractivity contribution in [1.82, 2.24) is 34.7 Å². The molecule has 0 fully saturated rings. The molecule has 31 heavy (non-hydrogen) atoms. The van der Waals surface area contributed by atoms with Crippen LogP contribution < -0.4 is 10.1 Å². The Morgan fingerprint density at radius 3 is 2.77 bits per heavy atom. The number of ether oxygens (including phenoxy) is 1. The van der Waals surface area contributed by atoms with Gasteiger partial charge in [0, 0.05) is 31.7 Å². The van der Waals surface area contributed by atoms with E-state index in [1.807, 2.05) is 43.7 Å². The Morgan fingerprint density at radius 2 is 2.00 bits per heavy atom. The van der Waals surface area contributed by atoms with Crippen LogP contribution in [0.15, 0.2) is 49.1 Å². The van der Waals surface area contributed by atoms with Gasteiger partial charge in [-0.1, -0.05) is 6.92 Å². The Morgan fingerprint density at radius 1 is 1.16 bits per heavy atom. The molecule has 0 unspecified atom stereocenters. The van der Waals surface area contributed by atoms with E-state index in [1.54, 1.807) is 24.2 Å². The van der Waals surface area contributed by atoms with Gasteiger partial charge in [0.2, 0.25) is 0 Å². The van der Waals surface area contributed by atoms with E-state index < -0.39 is 0 Å². The molecule has 0 saturated heterocycles. The summed E-state index contributed by atoms with van der Waals surface area (Å²) in [6.07, 6.45) is 8.03. The van der Waals surface area contributed by atoms with E-state index in [1.165, 1.54) is 0 Å².